The number of hydrogen-bond donors (Lipinski definition) is 2. The number of anilines is 1. The summed E-state index contributed by atoms with van der Waals surface area (Å²) in [7, 11) is 1.98. The predicted octanol–water partition coefficient (Wildman–Crippen LogP) is 3.69. The molecule has 0 spiro atoms. The lowest BCUT2D eigenvalue weighted by atomic mass is 10.1. The van der Waals surface area contributed by atoms with Gasteiger partial charge in [0.25, 0.3) is 0 Å². The third-order valence-corrected chi connectivity index (χ3v) is 3.41. The summed E-state index contributed by atoms with van der Waals surface area (Å²) in [6.45, 7) is 3.26. The van der Waals surface area contributed by atoms with Crippen molar-refractivity contribution < 1.29 is 0 Å². The highest BCUT2D eigenvalue weighted by Crippen LogP contribution is 2.25. The summed E-state index contributed by atoms with van der Waals surface area (Å²) in [4.78, 5) is 4.35. The Labute approximate surface area is 119 Å². The Morgan fingerprint density at radius 3 is 2.95 bits per heavy atom. The van der Waals surface area contributed by atoms with Gasteiger partial charge in [-0.25, -0.2) is 0 Å². The van der Waals surface area contributed by atoms with E-state index in [9.17, 15) is 0 Å². The van der Waals surface area contributed by atoms with Gasteiger partial charge in [-0.1, -0.05) is 11.6 Å². The highest BCUT2D eigenvalue weighted by molar-refractivity contribution is 6.31. The number of fused-ring (bicyclic) bond motifs is 1. The topological polar surface area (TPSA) is 37.0 Å². The van der Waals surface area contributed by atoms with Crippen LogP contribution in [-0.4, -0.2) is 24.6 Å². The minimum atomic E-state index is 0.439. The molecule has 0 saturated heterocycles. The Balaban J connectivity index is 2.12. The molecule has 0 bridgehead atoms. The molecule has 2 N–H and O–H groups in total. The molecule has 1 heterocycles. The number of halogens is 1. The summed E-state index contributed by atoms with van der Waals surface area (Å²) < 4.78 is 0. The molecule has 1 aromatic carbocycles. The van der Waals surface area contributed by atoms with Crippen molar-refractivity contribution in [3.8, 4) is 0 Å². The quantitative estimate of drug-likeness (QED) is 0.791. The Bertz CT molecular complexity index is 542. The monoisotopic (exact) mass is 277 g/mol. The molecule has 4 heteroatoms. The summed E-state index contributed by atoms with van der Waals surface area (Å²) >= 11 is 5.99. The van der Waals surface area contributed by atoms with Gasteiger partial charge in [-0.05, 0) is 57.6 Å². The normalized spacial score (nSPS) is 12.6. The van der Waals surface area contributed by atoms with Crippen LogP contribution in [0.3, 0.4) is 0 Å². The van der Waals surface area contributed by atoms with Crippen LogP contribution < -0.4 is 10.6 Å². The third kappa shape index (κ3) is 3.82. The molecule has 0 aliphatic heterocycles. The fraction of sp³-hybridized carbons (Fsp3) is 0.400. The van der Waals surface area contributed by atoms with Gasteiger partial charge < -0.3 is 10.6 Å². The van der Waals surface area contributed by atoms with Gasteiger partial charge in [0.2, 0.25) is 0 Å². The maximum absolute atomic E-state index is 5.99. The SMILES string of the molecule is CNCCCC(C)Nc1ccnc2cc(Cl)ccc12. The van der Waals surface area contributed by atoms with Crippen molar-refractivity contribution in [3.05, 3.63) is 35.5 Å². The van der Waals surface area contributed by atoms with Crippen LogP contribution in [0.4, 0.5) is 5.69 Å². The third-order valence-electron chi connectivity index (χ3n) is 3.17. The van der Waals surface area contributed by atoms with Crippen molar-refractivity contribution in [1.82, 2.24) is 10.3 Å². The zero-order chi connectivity index (χ0) is 13.7. The van der Waals surface area contributed by atoms with E-state index in [1.54, 1.807) is 0 Å². The summed E-state index contributed by atoms with van der Waals surface area (Å²) in [6.07, 6.45) is 4.12. The van der Waals surface area contributed by atoms with Gasteiger partial charge in [0, 0.05) is 28.3 Å². The van der Waals surface area contributed by atoms with Crippen LogP contribution in [0.5, 0.6) is 0 Å². The summed E-state index contributed by atoms with van der Waals surface area (Å²) in [6, 6.07) is 8.28. The fourth-order valence-corrected chi connectivity index (χ4v) is 2.34. The molecule has 1 atom stereocenters. The van der Waals surface area contributed by atoms with Crippen LogP contribution in [0.25, 0.3) is 10.9 Å². The number of hydrogen-bond acceptors (Lipinski definition) is 3. The first-order valence-electron chi connectivity index (χ1n) is 6.66. The van der Waals surface area contributed by atoms with E-state index in [0.717, 1.165) is 34.6 Å². The first-order valence-corrected chi connectivity index (χ1v) is 7.04. The minimum Gasteiger partial charge on any atom is -0.382 e. The van der Waals surface area contributed by atoms with E-state index in [0.29, 0.717) is 6.04 Å². The molecule has 0 aliphatic rings. The summed E-state index contributed by atoms with van der Waals surface area (Å²) in [5, 5.41) is 8.56. The average Bonchev–Trinajstić information content (AvgIpc) is 2.39. The second-order valence-electron chi connectivity index (χ2n) is 4.81. The maximum Gasteiger partial charge on any atom is 0.0737 e. The van der Waals surface area contributed by atoms with Crippen molar-refractivity contribution in [2.45, 2.75) is 25.8 Å². The molecule has 0 aliphatic carbocycles. The molecule has 0 saturated carbocycles. The second kappa shape index (κ2) is 6.73. The van der Waals surface area contributed by atoms with Crippen molar-refractivity contribution >= 4 is 28.2 Å². The lowest BCUT2D eigenvalue weighted by Crippen LogP contribution is -2.18. The molecule has 1 unspecified atom stereocenters. The largest absolute Gasteiger partial charge is 0.382 e. The van der Waals surface area contributed by atoms with Crippen molar-refractivity contribution in [2.24, 2.45) is 0 Å². The van der Waals surface area contributed by atoms with Crippen LogP contribution in [-0.2, 0) is 0 Å². The number of benzene rings is 1. The zero-order valence-electron chi connectivity index (χ0n) is 11.4. The average molecular weight is 278 g/mol. The number of nitrogens with zero attached hydrogens (tertiary/aromatic N) is 1. The maximum atomic E-state index is 5.99. The highest BCUT2D eigenvalue weighted by Gasteiger charge is 2.06. The van der Waals surface area contributed by atoms with Crippen molar-refractivity contribution in [3.63, 3.8) is 0 Å². The van der Waals surface area contributed by atoms with Crippen molar-refractivity contribution in [1.29, 1.82) is 0 Å². The van der Waals surface area contributed by atoms with Gasteiger partial charge in [0.1, 0.15) is 0 Å². The zero-order valence-corrected chi connectivity index (χ0v) is 12.2. The van der Waals surface area contributed by atoms with E-state index in [1.807, 2.05) is 37.5 Å². The molecular weight excluding hydrogens is 258 g/mol. The molecule has 3 nitrogen and oxygen atoms in total. The number of nitrogens with one attached hydrogen (secondary N) is 2. The molecule has 0 radical (unpaired) electrons. The standard InChI is InChI=1S/C15H20ClN3/c1-11(4-3-8-17-2)19-14-7-9-18-15-10-12(16)5-6-13(14)15/h5-7,9-11,17H,3-4,8H2,1-2H3,(H,18,19). The van der Waals surface area contributed by atoms with Gasteiger partial charge in [-0.15, -0.1) is 0 Å². The Morgan fingerprint density at radius 2 is 2.16 bits per heavy atom. The Morgan fingerprint density at radius 1 is 1.32 bits per heavy atom. The minimum absolute atomic E-state index is 0.439. The van der Waals surface area contributed by atoms with E-state index in [2.05, 4.69) is 22.5 Å². The highest BCUT2D eigenvalue weighted by atomic mass is 35.5. The molecule has 19 heavy (non-hydrogen) atoms. The molecule has 102 valence electrons. The van der Waals surface area contributed by atoms with Crippen LogP contribution in [0.1, 0.15) is 19.8 Å². The van der Waals surface area contributed by atoms with Crippen LogP contribution in [0, 0.1) is 0 Å². The Hall–Kier alpha value is -1.32. The number of rotatable bonds is 6. The molecule has 0 fully saturated rings. The molecular formula is C15H20ClN3. The first-order chi connectivity index (χ1) is 9.20. The Kier molecular flexibility index (Phi) is 5.00. The molecule has 1 aromatic heterocycles. The predicted molar refractivity (Wildman–Crippen MR) is 83.0 cm³/mol. The second-order valence-corrected chi connectivity index (χ2v) is 5.25. The van der Waals surface area contributed by atoms with Crippen LogP contribution >= 0.6 is 11.6 Å². The number of aromatic nitrogens is 1. The van der Waals surface area contributed by atoms with Gasteiger partial charge in [0.05, 0.1) is 5.52 Å². The smallest absolute Gasteiger partial charge is 0.0737 e. The van der Waals surface area contributed by atoms with Gasteiger partial charge in [-0.2, -0.15) is 0 Å². The fourth-order valence-electron chi connectivity index (χ4n) is 2.17. The van der Waals surface area contributed by atoms with Crippen LogP contribution in [0.2, 0.25) is 5.02 Å². The van der Waals surface area contributed by atoms with E-state index in [1.165, 1.54) is 6.42 Å². The van der Waals surface area contributed by atoms with Gasteiger partial charge in [0.15, 0.2) is 0 Å². The lowest BCUT2D eigenvalue weighted by molar-refractivity contribution is 0.625. The summed E-state index contributed by atoms with van der Waals surface area (Å²) in [5.41, 5.74) is 2.05. The first kappa shape index (κ1) is 14.1. The molecule has 0 amide bonds. The van der Waals surface area contributed by atoms with E-state index in [-0.39, 0.29) is 0 Å². The van der Waals surface area contributed by atoms with Gasteiger partial charge in [-0.3, -0.25) is 4.98 Å². The van der Waals surface area contributed by atoms with E-state index in [4.69, 9.17) is 11.6 Å². The number of pyridine rings is 1. The van der Waals surface area contributed by atoms with Crippen molar-refractivity contribution in [2.75, 3.05) is 18.9 Å². The van der Waals surface area contributed by atoms with Gasteiger partial charge >= 0.3 is 0 Å². The van der Waals surface area contributed by atoms with E-state index >= 15 is 0 Å². The summed E-state index contributed by atoms with van der Waals surface area (Å²) in [5.74, 6) is 0. The van der Waals surface area contributed by atoms with E-state index < -0.39 is 0 Å². The lowest BCUT2D eigenvalue weighted by Gasteiger charge is -2.16. The van der Waals surface area contributed by atoms with Crippen LogP contribution in [0.15, 0.2) is 30.5 Å². The molecule has 2 aromatic rings. The molecule has 2 rings (SSSR count).